The van der Waals surface area contributed by atoms with Crippen LogP contribution in [0.25, 0.3) is 0 Å². The largest absolute Gasteiger partial charge is 0.493 e. The maximum Gasteiger partial charge on any atom is 0.180 e. The summed E-state index contributed by atoms with van der Waals surface area (Å²) in [6.07, 6.45) is 1.23. The number of halogens is 1. The number of rotatable bonds is 3. The summed E-state index contributed by atoms with van der Waals surface area (Å²) >= 11 is 5.96. The minimum absolute atomic E-state index is 0.352. The molecule has 0 heterocycles. The Morgan fingerprint density at radius 1 is 1.36 bits per heavy atom. The van der Waals surface area contributed by atoms with Crippen molar-refractivity contribution in [3.05, 3.63) is 22.7 Å². The molecule has 5 heteroatoms. The van der Waals surface area contributed by atoms with E-state index in [-0.39, 0.29) is 0 Å². The summed E-state index contributed by atoms with van der Waals surface area (Å²) in [5.74, 6) is 0.958. The Labute approximate surface area is 86.7 Å². The molecule has 0 aliphatic heterocycles. The Morgan fingerprint density at radius 3 is 2.57 bits per heavy atom. The van der Waals surface area contributed by atoms with E-state index in [4.69, 9.17) is 26.3 Å². The molecule has 14 heavy (non-hydrogen) atoms. The second-order valence-corrected chi connectivity index (χ2v) is 2.83. The molecule has 0 aromatic heterocycles. The molecule has 4 nitrogen and oxygen atoms in total. The maximum atomic E-state index is 8.37. The highest BCUT2D eigenvalue weighted by atomic mass is 35.5. The van der Waals surface area contributed by atoms with Gasteiger partial charge in [-0.1, -0.05) is 16.8 Å². The SMILES string of the molecule is COc1ccc(/C=N/O)c(Cl)c1OC. The smallest absolute Gasteiger partial charge is 0.180 e. The first kappa shape index (κ1) is 10.7. The third-order valence-electron chi connectivity index (χ3n) is 1.71. The predicted molar refractivity (Wildman–Crippen MR) is 53.9 cm³/mol. The molecule has 1 N–H and O–H groups in total. The number of ether oxygens (including phenoxy) is 2. The fourth-order valence-corrected chi connectivity index (χ4v) is 1.35. The third-order valence-corrected chi connectivity index (χ3v) is 2.10. The van der Waals surface area contributed by atoms with Gasteiger partial charge in [0.2, 0.25) is 0 Å². The Kier molecular flexibility index (Phi) is 3.59. The van der Waals surface area contributed by atoms with Gasteiger partial charge >= 0.3 is 0 Å². The predicted octanol–water partition coefficient (Wildman–Crippen LogP) is 2.17. The van der Waals surface area contributed by atoms with Crippen LogP contribution >= 0.6 is 11.6 Å². The van der Waals surface area contributed by atoms with Crippen molar-refractivity contribution in [2.45, 2.75) is 0 Å². The summed E-state index contributed by atoms with van der Waals surface area (Å²) in [4.78, 5) is 0. The lowest BCUT2D eigenvalue weighted by Crippen LogP contribution is -1.94. The Morgan fingerprint density at radius 2 is 2.07 bits per heavy atom. The Hall–Kier alpha value is -1.42. The summed E-state index contributed by atoms with van der Waals surface area (Å²) in [7, 11) is 3.01. The van der Waals surface area contributed by atoms with Crippen molar-refractivity contribution >= 4 is 17.8 Å². The van der Waals surface area contributed by atoms with Gasteiger partial charge in [-0.2, -0.15) is 0 Å². The van der Waals surface area contributed by atoms with Gasteiger partial charge in [0.05, 0.1) is 25.5 Å². The number of benzene rings is 1. The minimum atomic E-state index is 0.352. The number of hydrogen-bond acceptors (Lipinski definition) is 4. The number of nitrogens with zero attached hydrogens (tertiary/aromatic N) is 1. The van der Waals surface area contributed by atoms with Gasteiger partial charge < -0.3 is 14.7 Å². The van der Waals surface area contributed by atoms with E-state index in [1.54, 1.807) is 12.1 Å². The van der Waals surface area contributed by atoms with E-state index in [0.29, 0.717) is 22.1 Å². The van der Waals surface area contributed by atoms with E-state index < -0.39 is 0 Å². The zero-order valence-corrected chi connectivity index (χ0v) is 8.58. The molecule has 0 atom stereocenters. The second-order valence-electron chi connectivity index (χ2n) is 2.45. The second kappa shape index (κ2) is 4.72. The van der Waals surface area contributed by atoms with Crippen molar-refractivity contribution < 1.29 is 14.7 Å². The molecule has 1 aromatic rings. The summed E-state index contributed by atoms with van der Waals surface area (Å²) in [6, 6.07) is 3.35. The molecule has 0 fully saturated rings. The average molecular weight is 216 g/mol. The molecular weight excluding hydrogens is 206 g/mol. The van der Waals surface area contributed by atoms with E-state index in [1.165, 1.54) is 20.4 Å². The number of methoxy groups -OCH3 is 2. The molecular formula is C9H10ClNO3. The van der Waals surface area contributed by atoms with Crippen molar-refractivity contribution in [2.24, 2.45) is 5.16 Å². The van der Waals surface area contributed by atoms with Crippen LogP contribution in [0.15, 0.2) is 17.3 Å². The Bertz CT molecular complexity index is 352. The summed E-state index contributed by atoms with van der Waals surface area (Å²) < 4.78 is 10.1. The van der Waals surface area contributed by atoms with Crippen LogP contribution < -0.4 is 9.47 Å². The fraction of sp³-hybridized carbons (Fsp3) is 0.222. The first-order chi connectivity index (χ1) is 6.74. The Balaban J connectivity index is 3.27. The summed E-state index contributed by atoms with van der Waals surface area (Å²) in [5, 5.41) is 11.6. The quantitative estimate of drug-likeness (QED) is 0.478. The van der Waals surface area contributed by atoms with Gasteiger partial charge in [0.1, 0.15) is 0 Å². The molecule has 0 unspecified atom stereocenters. The molecule has 1 rings (SSSR count). The lowest BCUT2D eigenvalue weighted by Gasteiger charge is -2.10. The third kappa shape index (κ3) is 1.90. The van der Waals surface area contributed by atoms with E-state index in [9.17, 15) is 0 Å². The summed E-state index contributed by atoms with van der Waals surface area (Å²) in [6.45, 7) is 0. The zero-order valence-electron chi connectivity index (χ0n) is 7.82. The van der Waals surface area contributed by atoms with Gasteiger partial charge in [0.15, 0.2) is 11.5 Å². The summed E-state index contributed by atoms with van der Waals surface area (Å²) in [5.41, 5.74) is 0.562. The van der Waals surface area contributed by atoms with Crippen LogP contribution in [0.5, 0.6) is 11.5 Å². The highest BCUT2D eigenvalue weighted by Gasteiger charge is 2.11. The lowest BCUT2D eigenvalue weighted by molar-refractivity contribution is 0.321. The van der Waals surface area contributed by atoms with E-state index >= 15 is 0 Å². The molecule has 0 radical (unpaired) electrons. The van der Waals surface area contributed by atoms with Crippen LogP contribution in [-0.2, 0) is 0 Å². The minimum Gasteiger partial charge on any atom is -0.493 e. The molecule has 0 saturated carbocycles. The first-order valence-corrected chi connectivity index (χ1v) is 4.20. The molecule has 0 aliphatic rings. The monoisotopic (exact) mass is 215 g/mol. The van der Waals surface area contributed by atoms with Crippen molar-refractivity contribution in [2.75, 3.05) is 14.2 Å². The van der Waals surface area contributed by atoms with E-state index in [0.717, 1.165) is 0 Å². The maximum absolute atomic E-state index is 8.37. The van der Waals surface area contributed by atoms with Crippen molar-refractivity contribution in [3.8, 4) is 11.5 Å². The van der Waals surface area contributed by atoms with Gasteiger partial charge in [0.25, 0.3) is 0 Å². The highest BCUT2D eigenvalue weighted by molar-refractivity contribution is 6.34. The van der Waals surface area contributed by atoms with Gasteiger partial charge in [-0.3, -0.25) is 0 Å². The van der Waals surface area contributed by atoms with E-state index in [1.807, 2.05) is 0 Å². The number of hydrogen-bond donors (Lipinski definition) is 1. The van der Waals surface area contributed by atoms with E-state index in [2.05, 4.69) is 5.16 Å². The molecule has 0 amide bonds. The first-order valence-electron chi connectivity index (χ1n) is 3.82. The molecule has 0 spiro atoms. The van der Waals surface area contributed by atoms with Crippen LogP contribution in [0.2, 0.25) is 5.02 Å². The lowest BCUT2D eigenvalue weighted by atomic mass is 10.2. The fourth-order valence-electron chi connectivity index (χ4n) is 1.07. The number of oxime groups is 1. The molecule has 1 aromatic carbocycles. The molecule has 0 bridgehead atoms. The van der Waals surface area contributed by atoms with Crippen molar-refractivity contribution in [3.63, 3.8) is 0 Å². The van der Waals surface area contributed by atoms with Gasteiger partial charge in [0, 0.05) is 5.56 Å². The van der Waals surface area contributed by atoms with Crippen LogP contribution in [0.3, 0.4) is 0 Å². The average Bonchev–Trinajstić information content (AvgIpc) is 2.21. The molecule has 76 valence electrons. The van der Waals surface area contributed by atoms with Crippen molar-refractivity contribution in [1.82, 2.24) is 0 Å². The topological polar surface area (TPSA) is 51.0 Å². The van der Waals surface area contributed by atoms with Crippen LogP contribution in [0, 0.1) is 0 Å². The highest BCUT2D eigenvalue weighted by Crippen LogP contribution is 2.36. The molecule has 0 saturated heterocycles. The molecule has 0 aliphatic carbocycles. The van der Waals surface area contributed by atoms with Crippen LogP contribution in [0.4, 0.5) is 0 Å². The zero-order chi connectivity index (χ0) is 10.6. The van der Waals surface area contributed by atoms with Gasteiger partial charge in [-0.05, 0) is 12.1 Å². The van der Waals surface area contributed by atoms with Crippen LogP contribution in [0.1, 0.15) is 5.56 Å². The van der Waals surface area contributed by atoms with Gasteiger partial charge in [-0.15, -0.1) is 0 Å². The van der Waals surface area contributed by atoms with Gasteiger partial charge in [-0.25, -0.2) is 0 Å². The normalized spacial score (nSPS) is 10.5. The standard InChI is InChI=1S/C9H10ClNO3/c1-13-7-4-3-6(5-11-12)8(10)9(7)14-2/h3-5,12H,1-2H3/b11-5+. The van der Waals surface area contributed by atoms with Crippen molar-refractivity contribution in [1.29, 1.82) is 0 Å². The van der Waals surface area contributed by atoms with Crippen LogP contribution in [-0.4, -0.2) is 25.6 Å².